The summed E-state index contributed by atoms with van der Waals surface area (Å²) in [6.07, 6.45) is 7.79. The highest BCUT2D eigenvalue weighted by atomic mass is 32.2. The molecule has 0 aliphatic carbocycles. The van der Waals surface area contributed by atoms with Crippen molar-refractivity contribution in [2.75, 3.05) is 24.8 Å². The number of rotatable bonds is 16. The number of fused-ring (bicyclic) bond motifs is 2. The summed E-state index contributed by atoms with van der Waals surface area (Å²) in [5.74, 6) is -0.690. The summed E-state index contributed by atoms with van der Waals surface area (Å²) in [6, 6.07) is 36.6. The van der Waals surface area contributed by atoms with E-state index in [9.17, 15) is 14.4 Å². The van der Waals surface area contributed by atoms with Crippen molar-refractivity contribution in [2.24, 2.45) is 12.2 Å². The van der Waals surface area contributed by atoms with Gasteiger partial charge in [0.15, 0.2) is 10.8 Å². The number of thioether (sulfide) groups is 1. The smallest absolute Gasteiger partial charge is 0.355 e. The molecule has 9 rings (SSSR count). The summed E-state index contributed by atoms with van der Waals surface area (Å²) in [7, 11) is 3.54. The minimum absolute atomic E-state index is 0.0146. The number of benzene rings is 4. The number of esters is 1. The fourth-order valence-electron chi connectivity index (χ4n) is 7.90. The lowest BCUT2D eigenvalue weighted by Gasteiger charge is -2.49. The molecule has 0 unspecified atom stereocenters. The molecule has 328 valence electrons. The molecule has 0 bridgehead atoms. The molecular weight excluding hydrogens is 879 g/mol. The number of hydrogen-bond acceptors (Lipinski definition) is 12. The van der Waals surface area contributed by atoms with Gasteiger partial charge in [0, 0.05) is 16.5 Å². The Hall–Kier alpha value is -7.01. The van der Waals surface area contributed by atoms with E-state index in [0.29, 0.717) is 22.2 Å². The highest BCUT2D eigenvalue weighted by molar-refractivity contribution is 8.00. The predicted octanol–water partition coefficient (Wildman–Crippen LogP) is 7.55. The van der Waals surface area contributed by atoms with Crippen molar-refractivity contribution in [3.05, 3.63) is 190 Å². The lowest BCUT2D eigenvalue weighted by molar-refractivity contribution is -0.669. The summed E-state index contributed by atoms with van der Waals surface area (Å²) in [4.78, 5) is 55.4. The molecule has 1 saturated heterocycles. The number of hydrogen-bond donors (Lipinski definition) is 2. The number of allylic oxidation sites excluding steroid dienone is 1. The Kier molecular flexibility index (Phi) is 12.6. The van der Waals surface area contributed by atoms with Crippen molar-refractivity contribution < 1.29 is 33.3 Å². The fraction of sp³-hybridized carbons (Fsp3) is 0.184. The number of nitrogens with one attached hydrogen (secondary N) is 2. The summed E-state index contributed by atoms with van der Waals surface area (Å²) < 4.78 is 15.1. The van der Waals surface area contributed by atoms with E-state index in [4.69, 9.17) is 19.3 Å². The Morgan fingerprint density at radius 2 is 1.57 bits per heavy atom. The Morgan fingerprint density at radius 1 is 0.908 bits per heavy atom. The van der Waals surface area contributed by atoms with Crippen LogP contribution in [-0.4, -0.2) is 68.7 Å². The number of β-lactam (4-membered cyclic amide) rings is 1. The van der Waals surface area contributed by atoms with E-state index < -0.39 is 34.7 Å². The molecule has 16 heteroatoms. The number of nitrogens with zero attached hydrogens (tertiary/aromatic N) is 5. The largest absolute Gasteiger partial charge is 0.497 e. The normalized spacial score (nSPS) is 16.3. The molecule has 7 aromatic rings. The van der Waals surface area contributed by atoms with Crippen LogP contribution in [0.2, 0.25) is 0 Å². The number of thiazole rings is 2. The van der Waals surface area contributed by atoms with Crippen LogP contribution in [0.4, 0.5) is 5.13 Å². The second-order valence-corrected chi connectivity index (χ2v) is 18.0. The van der Waals surface area contributed by atoms with Gasteiger partial charge >= 0.3 is 5.97 Å². The van der Waals surface area contributed by atoms with E-state index in [1.54, 1.807) is 42.9 Å². The third kappa shape index (κ3) is 8.67. The van der Waals surface area contributed by atoms with Gasteiger partial charge in [0.25, 0.3) is 11.8 Å². The number of anilines is 1. The number of aromatic nitrogens is 3. The molecule has 5 heterocycles. The second-order valence-electron chi connectivity index (χ2n) is 15.1. The highest BCUT2D eigenvalue weighted by Crippen LogP contribution is 2.43. The molecule has 2 atom stereocenters. The molecule has 4 aromatic carbocycles. The van der Waals surface area contributed by atoms with Crippen LogP contribution in [0.25, 0.3) is 10.9 Å². The first-order valence-corrected chi connectivity index (χ1v) is 23.6. The quantitative estimate of drug-likeness (QED) is 0.0251. The zero-order valence-corrected chi connectivity index (χ0v) is 38.1. The first kappa shape index (κ1) is 43.3. The third-order valence-electron chi connectivity index (χ3n) is 11.1. The van der Waals surface area contributed by atoms with Crippen LogP contribution in [-0.2, 0) is 43.2 Å². The van der Waals surface area contributed by atoms with Crippen LogP contribution < -0.4 is 19.9 Å². The van der Waals surface area contributed by atoms with E-state index in [-0.39, 0.29) is 30.3 Å². The van der Waals surface area contributed by atoms with Crippen LogP contribution in [0.15, 0.2) is 161 Å². The molecule has 0 radical (unpaired) electrons. The Labute approximate surface area is 387 Å². The van der Waals surface area contributed by atoms with Gasteiger partial charge in [0.2, 0.25) is 11.2 Å². The number of methoxy groups -OCH3 is 1. The van der Waals surface area contributed by atoms with Gasteiger partial charge in [-0.3, -0.25) is 14.5 Å². The molecule has 2 amide bonds. The Balaban J connectivity index is 0.981. The molecular formula is C49H44N7O6S3+. The topological polar surface area (TPSA) is 140 Å². The molecule has 2 aliphatic rings. The standard InChI is InChI=1S/C49H43N7O6S3/c1-4-62-53-41(39-30-65-48(50-39)52-49(34-14-8-5-9-15-34,35-16-10-6-11-17-35)36-18-12-7-13-19-36)44(57)51-42-45(58)56-43(47(59)61-27-32-20-24-38(60-3)25-21-32)33(28-64-46(42)56)22-23-37-29-63-40-26-54(2)31-55(37)40/h5-26,29-31,42,46H,4,27-28H2,1-3H3,(H-,50,51,52,57)/p+1/b23-22?,53-41-/t42-,46-/m1/s1. The molecule has 0 saturated carbocycles. The van der Waals surface area contributed by atoms with E-state index >= 15 is 0 Å². The molecule has 2 aliphatic heterocycles. The summed E-state index contributed by atoms with van der Waals surface area (Å²) >= 11 is 4.37. The molecule has 13 nitrogen and oxygen atoms in total. The van der Waals surface area contributed by atoms with Crippen LogP contribution in [0.1, 0.15) is 40.6 Å². The first-order valence-electron chi connectivity index (χ1n) is 20.8. The maximum Gasteiger partial charge on any atom is 0.355 e. The molecule has 3 aromatic heterocycles. The van der Waals surface area contributed by atoms with Crippen molar-refractivity contribution in [1.29, 1.82) is 0 Å². The molecule has 1 fully saturated rings. The monoisotopic (exact) mass is 922 g/mol. The van der Waals surface area contributed by atoms with Gasteiger partial charge in [0.1, 0.15) is 59.2 Å². The molecule has 65 heavy (non-hydrogen) atoms. The van der Waals surface area contributed by atoms with Gasteiger partial charge in [-0.15, -0.1) is 23.1 Å². The zero-order valence-electron chi connectivity index (χ0n) is 35.6. The number of aryl methyl sites for hydroxylation is 1. The van der Waals surface area contributed by atoms with Gasteiger partial charge in [0.05, 0.1) is 14.2 Å². The minimum atomic E-state index is -0.969. The van der Waals surface area contributed by atoms with Gasteiger partial charge in [-0.1, -0.05) is 126 Å². The van der Waals surface area contributed by atoms with Gasteiger partial charge in [-0.05, 0) is 53.0 Å². The summed E-state index contributed by atoms with van der Waals surface area (Å²) in [5.41, 5.74) is 4.72. The van der Waals surface area contributed by atoms with Gasteiger partial charge in [-0.25, -0.2) is 14.3 Å². The zero-order chi connectivity index (χ0) is 44.9. The number of ether oxygens (including phenoxy) is 2. The lowest BCUT2D eigenvalue weighted by atomic mass is 9.77. The van der Waals surface area contributed by atoms with E-state index in [1.165, 1.54) is 28.0 Å². The van der Waals surface area contributed by atoms with Crippen molar-refractivity contribution in [2.45, 2.75) is 30.5 Å². The van der Waals surface area contributed by atoms with Crippen molar-refractivity contribution >= 4 is 74.0 Å². The average molecular weight is 923 g/mol. The SMILES string of the molecule is CCO/N=C(\C(=O)N[C@@H]1C(=O)N2C(C(=O)OCc3ccc(OC)cc3)=C(C=Cc3csc4c[n+](C)cn34)CS[C@H]12)c1csc(NC(c2ccccc2)(c2ccccc2)c2ccccc2)n1. The number of carbonyl (C=O) groups excluding carboxylic acids is 3. The summed E-state index contributed by atoms with van der Waals surface area (Å²) in [5, 5.41) is 14.6. The number of amides is 2. The fourth-order valence-corrected chi connectivity index (χ4v) is 10.9. The minimum Gasteiger partial charge on any atom is -0.497 e. The number of oxime groups is 1. The third-order valence-corrected chi connectivity index (χ3v) is 14.0. The van der Waals surface area contributed by atoms with Gasteiger partial charge in [-0.2, -0.15) is 4.40 Å². The van der Waals surface area contributed by atoms with Crippen molar-refractivity contribution in [3.63, 3.8) is 0 Å². The highest BCUT2D eigenvalue weighted by Gasteiger charge is 2.54. The van der Waals surface area contributed by atoms with Gasteiger partial charge < -0.3 is 24.9 Å². The maximum absolute atomic E-state index is 14.3. The van der Waals surface area contributed by atoms with Crippen molar-refractivity contribution in [1.82, 2.24) is 19.6 Å². The first-order chi connectivity index (χ1) is 31.8. The average Bonchev–Trinajstić information content (AvgIpc) is 4.08. The second kappa shape index (κ2) is 19.0. The Morgan fingerprint density at radius 3 is 2.20 bits per heavy atom. The predicted molar refractivity (Wildman–Crippen MR) is 253 cm³/mol. The van der Waals surface area contributed by atoms with Crippen LogP contribution in [0.3, 0.4) is 0 Å². The van der Waals surface area contributed by atoms with E-state index in [2.05, 4.69) is 56.6 Å². The van der Waals surface area contributed by atoms with E-state index in [1.807, 2.05) is 108 Å². The maximum atomic E-state index is 14.3. The Bertz CT molecular complexity index is 2830. The van der Waals surface area contributed by atoms with Crippen LogP contribution in [0.5, 0.6) is 5.75 Å². The van der Waals surface area contributed by atoms with Crippen molar-refractivity contribution in [3.8, 4) is 5.75 Å². The molecule has 0 spiro atoms. The van der Waals surface area contributed by atoms with Crippen LogP contribution >= 0.6 is 34.4 Å². The number of imidazole rings is 1. The lowest BCUT2D eigenvalue weighted by Crippen LogP contribution is -2.71. The summed E-state index contributed by atoms with van der Waals surface area (Å²) in [6.45, 7) is 1.95. The number of carbonyl (C=O) groups is 3. The van der Waals surface area contributed by atoms with Crippen LogP contribution in [0, 0.1) is 0 Å². The van der Waals surface area contributed by atoms with E-state index in [0.717, 1.165) is 32.8 Å². The molecule has 2 N–H and O–H groups in total.